The Morgan fingerprint density at radius 1 is 1.24 bits per heavy atom. The Hall–Kier alpha value is -2.22. The highest BCUT2D eigenvalue weighted by molar-refractivity contribution is 7.11. The van der Waals surface area contributed by atoms with Crippen LogP contribution in [0.4, 0.5) is 5.00 Å². The minimum Gasteiger partial charge on any atom is -0.478 e. The van der Waals surface area contributed by atoms with Gasteiger partial charge in [-0.1, -0.05) is 19.0 Å². The summed E-state index contributed by atoms with van der Waals surface area (Å²) in [7, 11) is 0. The van der Waals surface area contributed by atoms with Crippen molar-refractivity contribution in [3.63, 3.8) is 0 Å². The molecule has 8 heteroatoms. The highest BCUT2D eigenvalue weighted by Gasteiger charge is 2.25. The van der Waals surface area contributed by atoms with Crippen LogP contribution in [0.15, 0.2) is 4.52 Å². The van der Waals surface area contributed by atoms with Gasteiger partial charge < -0.3 is 14.9 Å². The number of hydrogen-bond donors (Lipinski definition) is 2. The van der Waals surface area contributed by atoms with Gasteiger partial charge in [0.15, 0.2) is 5.76 Å². The highest BCUT2D eigenvalue weighted by Crippen LogP contribution is 2.27. The first-order chi connectivity index (χ1) is 9.82. The molecule has 0 aliphatic heterocycles. The number of carbonyl (C=O) groups excluding carboxylic acids is 1. The number of rotatable bonds is 4. The van der Waals surface area contributed by atoms with E-state index in [1.54, 1.807) is 13.8 Å². The van der Waals surface area contributed by atoms with E-state index in [0.717, 1.165) is 11.5 Å². The Morgan fingerprint density at radius 3 is 2.48 bits per heavy atom. The molecule has 0 radical (unpaired) electrons. The van der Waals surface area contributed by atoms with Gasteiger partial charge in [-0.15, -0.1) is 0 Å². The van der Waals surface area contributed by atoms with Crippen molar-refractivity contribution < 1.29 is 19.2 Å². The number of aromatic nitrogens is 2. The fourth-order valence-corrected chi connectivity index (χ4v) is 2.71. The lowest BCUT2D eigenvalue weighted by atomic mass is 10.0. The Morgan fingerprint density at radius 2 is 1.90 bits per heavy atom. The first kappa shape index (κ1) is 15.2. The number of carboxylic acids is 1. The molecule has 1 amide bonds. The summed E-state index contributed by atoms with van der Waals surface area (Å²) in [6.45, 7) is 7.02. The van der Waals surface area contributed by atoms with E-state index in [-0.39, 0.29) is 16.5 Å². The zero-order valence-corrected chi connectivity index (χ0v) is 12.9. The van der Waals surface area contributed by atoms with Crippen molar-refractivity contribution in [3.05, 3.63) is 28.3 Å². The van der Waals surface area contributed by atoms with Crippen molar-refractivity contribution in [3.8, 4) is 0 Å². The van der Waals surface area contributed by atoms with Crippen molar-refractivity contribution in [2.24, 2.45) is 0 Å². The van der Waals surface area contributed by atoms with Crippen molar-refractivity contribution >= 4 is 28.4 Å². The Balaban J connectivity index is 2.35. The van der Waals surface area contributed by atoms with Gasteiger partial charge in [-0.2, -0.15) is 4.37 Å². The summed E-state index contributed by atoms with van der Waals surface area (Å²) in [5.74, 6) is -1.09. The van der Waals surface area contributed by atoms with Crippen molar-refractivity contribution in [1.82, 2.24) is 9.53 Å². The molecule has 0 bridgehead atoms. The number of anilines is 1. The molecule has 0 aliphatic carbocycles. The molecule has 0 saturated heterocycles. The van der Waals surface area contributed by atoms with E-state index in [9.17, 15) is 9.59 Å². The molecule has 0 fully saturated rings. The Labute approximate surface area is 125 Å². The maximum absolute atomic E-state index is 12.4. The van der Waals surface area contributed by atoms with Crippen LogP contribution in [0.3, 0.4) is 0 Å². The third kappa shape index (κ3) is 2.80. The van der Waals surface area contributed by atoms with Crippen LogP contribution in [-0.4, -0.2) is 26.5 Å². The summed E-state index contributed by atoms with van der Waals surface area (Å²) in [6, 6.07) is 0. The number of nitrogens with zero attached hydrogens (tertiary/aromatic N) is 2. The van der Waals surface area contributed by atoms with E-state index in [0.29, 0.717) is 22.7 Å². The van der Waals surface area contributed by atoms with Gasteiger partial charge in [-0.05, 0) is 25.4 Å². The highest BCUT2D eigenvalue weighted by atomic mass is 32.1. The zero-order valence-electron chi connectivity index (χ0n) is 12.1. The smallest absolute Gasteiger partial charge is 0.340 e. The largest absolute Gasteiger partial charge is 0.478 e. The van der Waals surface area contributed by atoms with E-state index in [4.69, 9.17) is 9.63 Å². The van der Waals surface area contributed by atoms with Crippen LogP contribution < -0.4 is 5.32 Å². The molecule has 2 N–H and O–H groups in total. The zero-order chi connectivity index (χ0) is 15.7. The van der Waals surface area contributed by atoms with Crippen LogP contribution in [0.2, 0.25) is 0 Å². The summed E-state index contributed by atoms with van der Waals surface area (Å²) < 4.78 is 9.12. The summed E-state index contributed by atoms with van der Waals surface area (Å²) in [4.78, 5) is 23.6. The lowest BCUT2D eigenvalue weighted by molar-refractivity contribution is 0.0697. The SMILES string of the molecule is Cc1noc(C(C)C)c1C(=O)Nc1snc(C)c1C(=O)O. The summed E-state index contributed by atoms with van der Waals surface area (Å²) >= 11 is 0.936. The molecule has 2 heterocycles. The van der Waals surface area contributed by atoms with Gasteiger partial charge in [-0.25, -0.2) is 4.79 Å². The third-order valence-electron chi connectivity index (χ3n) is 2.94. The van der Waals surface area contributed by atoms with Crippen molar-refractivity contribution in [1.29, 1.82) is 0 Å². The average molecular weight is 309 g/mol. The van der Waals surface area contributed by atoms with Crippen molar-refractivity contribution in [2.45, 2.75) is 33.6 Å². The van der Waals surface area contributed by atoms with E-state index in [2.05, 4.69) is 14.8 Å². The normalized spacial score (nSPS) is 10.9. The molecule has 0 atom stereocenters. The molecule has 0 aliphatic rings. The fraction of sp³-hybridized carbons (Fsp3) is 0.385. The van der Waals surface area contributed by atoms with E-state index < -0.39 is 11.9 Å². The first-order valence-corrected chi connectivity index (χ1v) is 7.07. The molecule has 21 heavy (non-hydrogen) atoms. The molecular weight excluding hydrogens is 294 g/mol. The second-order valence-corrected chi connectivity index (χ2v) is 5.67. The number of carboxylic acid groups (broad SMARTS) is 1. The number of amides is 1. The molecule has 112 valence electrons. The fourth-order valence-electron chi connectivity index (χ4n) is 1.93. The van der Waals surface area contributed by atoms with Crippen LogP contribution in [0, 0.1) is 13.8 Å². The lowest BCUT2D eigenvalue weighted by Gasteiger charge is -2.06. The van der Waals surface area contributed by atoms with Gasteiger partial charge in [-0.3, -0.25) is 4.79 Å². The minimum absolute atomic E-state index is 0.00547. The molecule has 2 rings (SSSR count). The number of carbonyl (C=O) groups is 2. The maximum atomic E-state index is 12.4. The first-order valence-electron chi connectivity index (χ1n) is 6.30. The molecule has 7 nitrogen and oxygen atoms in total. The summed E-state index contributed by atoms with van der Waals surface area (Å²) in [5.41, 5.74) is 1.18. The predicted molar refractivity (Wildman–Crippen MR) is 77.1 cm³/mol. The lowest BCUT2D eigenvalue weighted by Crippen LogP contribution is -2.16. The van der Waals surface area contributed by atoms with Crippen LogP contribution in [0.1, 0.15) is 57.6 Å². The van der Waals surface area contributed by atoms with Gasteiger partial charge in [0.2, 0.25) is 0 Å². The molecular formula is C13H15N3O4S. The molecule has 0 spiro atoms. The number of hydrogen-bond acceptors (Lipinski definition) is 6. The number of nitrogens with one attached hydrogen (secondary N) is 1. The second kappa shape index (κ2) is 5.65. The Bertz CT molecular complexity index is 702. The quantitative estimate of drug-likeness (QED) is 0.899. The van der Waals surface area contributed by atoms with Gasteiger partial charge >= 0.3 is 5.97 Å². The van der Waals surface area contributed by atoms with E-state index >= 15 is 0 Å². The molecule has 0 unspecified atom stereocenters. The molecule has 2 aromatic heterocycles. The minimum atomic E-state index is -1.12. The van der Waals surface area contributed by atoms with Crippen LogP contribution in [-0.2, 0) is 0 Å². The maximum Gasteiger partial charge on any atom is 0.340 e. The molecule has 0 saturated carbocycles. The van der Waals surface area contributed by atoms with E-state index in [1.807, 2.05) is 13.8 Å². The summed E-state index contributed by atoms with van der Waals surface area (Å²) in [6.07, 6.45) is 0. The van der Waals surface area contributed by atoms with Gasteiger partial charge in [0.25, 0.3) is 5.91 Å². The topological polar surface area (TPSA) is 105 Å². The van der Waals surface area contributed by atoms with Crippen LogP contribution in [0.5, 0.6) is 0 Å². The monoisotopic (exact) mass is 309 g/mol. The molecule has 0 aromatic carbocycles. The summed E-state index contributed by atoms with van der Waals surface area (Å²) in [5, 5.41) is 15.8. The van der Waals surface area contributed by atoms with E-state index in [1.165, 1.54) is 0 Å². The Kier molecular flexibility index (Phi) is 4.08. The molecule has 2 aromatic rings. The van der Waals surface area contributed by atoms with Gasteiger partial charge in [0.1, 0.15) is 16.1 Å². The van der Waals surface area contributed by atoms with Crippen molar-refractivity contribution in [2.75, 3.05) is 5.32 Å². The second-order valence-electron chi connectivity index (χ2n) is 4.89. The number of aromatic carboxylic acids is 1. The van der Waals surface area contributed by atoms with Crippen LogP contribution >= 0.6 is 11.5 Å². The number of aryl methyl sites for hydroxylation is 2. The standard InChI is InChI=1S/C13H15N3O4S/c1-5(2)10-8(6(3)15-20-10)11(17)14-12-9(13(18)19)7(4)16-21-12/h5H,1-4H3,(H,14,17)(H,18,19). The van der Waals surface area contributed by atoms with Gasteiger partial charge in [0.05, 0.1) is 11.4 Å². The average Bonchev–Trinajstić information content (AvgIpc) is 2.92. The van der Waals surface area contributed by atoms with Gasteiger partial charge in [0, 0.05) is 5.92 Å². The third-order valence-corrected chi connectivity index (χ3v) is 3.80. The van der Waals surface area contributed by atoms with Crippen LogP contribution in [0.25, 0.3) is 0 Å². The predicted octanol–water partition coefficient (Wildman–Crippen LogP) is 2.82.